The highest BCUT2D eigenvalue weighted by Crippen LogP contribution is 2.37. The number of hydrogen-bond acceptors (Lipinski definition) is 3. The molecule has 0 radical (unpaired) electrons. The number of carbonyl (C=O) groups is 1. The third-order valence-corrected chi connectivity index (χ3v) is 2.56. The standard InChI is InChI=1S/C11H7NO2/c13-6-10-9-5-7-3-1-2-4-8(7)11(9)14-12-10/h1-4,6H,5H2. The van der Waals surface area contributed by atoms with Gasteiger partial charge in [-0.15, -0.1) is 0 Å². The van der Waals surface area contributed by atoms with Crippen LogP contribution in [0.5, 0.6) is 0 Å². The number of benzene rings is 1. The van der Waals surface area contributed by atoms with Crippen molar-refractivity contribution < 1.29 is 9.32 Å². The van der Waals surface area contributed by atoms with Crippen LogP contribution in [0.15, 0.2) is 28.8 Å². The van der Waals surface area contributed by atoms with Crippen LogP contribution >= 0.6 is 0 Å². The van der Waals surface area contributed by atoms with E-state index in [0.29, 0.717) is 5.69 Å². The van der Waals surface area contributed by atoms with Crippen molar-refractivity contribution in [2.45, 2.75) is 6.42 Å². The van der Waals surface area contributed by atoms with Gasteiger partial charge in [0.25, 0.3) is 0 Å². The molecule has 3 rings (SSSR count). The zero-order valence-corrected chi connectivity index (χ0v) is 7.36. The molecule has 0 aliphatic heterocycles. The molecule has 1 heterocycles. The number of aldehydes is 1. The fourth-order valence-electron chi connectivity index (χ4n) is 1.88. The van der Waals surface area contributed by atoms with Crippen LogP contribution in [0.25, 0.3) is 11.3 Å². The highest BCUT2D eigenvalue weighted by Gasteiger charge is 2.25. The van der Waals surface area contributed by atoms with Crippen molar-refractivity contribution in [1.82, 2.24) is 5.16 Å². The maximum absolute atomic E-state index is 10.7. The van der Waals surface area contributed by atoms with Gasteiger partial charge < -0.3 is 4.52 Å². The average molecular weight is 185 g/mol. The summed E-state index contributed by atoms with van der Waals surface area (Å²) in [7, 11) is 0. The molecule has 0 fully saturated rings. The average Bonchev–Trinajstić information content (AvgIpc) is 2.75. The fourth-order valence-corrected chi connectivity index (χ4v) is 1.88. The summed E-state index contributed by atoms with van der Waals surface area (Å²) >= 11 is 0. The van der Waals surface area contributed by atoms with Crippen molar-refractivity contribution in [3.63, 3.8) is 0 Å². The SMILES string of the molecule is O=Cc1noc2c1Cc1ccccc1-2. The lowest BCUT2D eigenvalue weighted by molar-refractivity contribution is 0.111. The molecule has 1 aromatic carbocycles. The molecule has 0 atom stereocenters. The van der Waals surface area contributed by atoms with Crippen molar-refractivity contribution in [2.24, 2.45) is 0 Å². The number of aromatic nitrogens is 1. The van der Waals surface area contributed by atoms with Gasteiger partial charge >= 0.3 is 0 Å². The Morgan fingerprint density at radius 1 is 1.36 bits per heavy atom. The molecule has 0 N–H and O–H groups in total. The topological polar surface area (TPSA) is 43.1 Å². The summed E-state index contributed by atoms with van der Waals surface area (Å²) in [4.78, 5) is 10.7. The minimum Gasteiger partial charge on any atom is -0.355 e. The van der Waals surface area contributed by atoms with Crippen LogP contribution in [0.1, 0.15) is 21.6 Å². The molecular formula is C11H7NO2. The van der Waals surface area contributed by atoms with Crippen molar-refractivity contribution >= 4 is 6.29 Å². The van der Waals surface area contributed by atoms with E-state index in [1.807, 2.05) is 24.3 Å². The molecule has 1 aliphatic carbocycles. The molecule has 2 aromatic rings. The molecule has 1 aliphatic rings. The van der Waals surface area contributed by atoms with E-state index in [0.717, 1.165) is 29.6 Å². The molecular weight excluding hydrogens is 178 g/mol. The summed E-state index contributed by atoms with van der Waals surface area (Å²) < 4.78 is 5.14. The predicted octanol–water partition coefficient (Wildman–Crippen LogP) is 2.06. The van der Waals surface area contributed by atoms with Crippen molar-refractivity contribution in [2.75, 3.05) is 0 Å². The van der Waals surface area contributed by atoms with Crippen LogP contribution in [0.4, 0.5) is 0 Å². The normalized spacial score (nSPS) is 12.3. The van der Waals surface area contributed by atoms with Crippen LogP contribution < -0.4 is 0 Å². The lowest BCUT2D eigenvalue weighted by Crippen LogP contribution is -1.87. The Hall–Kier alpha value is -1.90. The molecule has 3 nitrogen and oxygen atoms in total. The minimum absolute atomic E-state index is 0.427. The first kappa shape index (κ1) is 7.50. The van der Waals surface area contributed by atoms with Gasteiger partial charge in [0.15, 0.2) is 12.0 Å². The monoisotopic (exact) mass is 185 g/mol. The second-order valence-electron chi connectivity index (χ2n) is 3.33. The molecule has 0 saturated heterocycles. The van der Waals surface area contributed by atoms with E-state index in [9.17, 15) is 4.79 Å². The Morgan fingerprint density at radius 2 is 2.21 bits per heavy atom. The maximum Gasteiger partial charge on any atom is 0.172 e. The van der Waals surface area contributed by atoms with Crippen LogP contribution in [-0.2, 0) is 6.42 Å². The van der Waals surface area contributed by atoms with Crippen molar-refractivity contribution in [1.29, 1.82) is 0 Å². The zero-order valence-electron chi connectivity index (χ0n) is 7.36. The Balaban J connectivity index is 2.27. The third-order valence-electron chi connectivity index (χ3n) is 2.56. The maximum atomic E-state index is 10.7. The number of hydrogen-bond donors (Lipinski definition) is 0. The first-order valence-corrected chi connectivity index (χ1v) is 4.42. The molecule has 0 bridgehead atoms. The van der Waals surface area contributed by atoms with Gasteiger partial charge in [-0.05, 0) is 5.56 Å². The highest BCUT2D eigenvalue weighted by molar-refractivity contribution is 5.82. The van der Waals surface area contributed by atoms with Crippen LogP contribution in [0, 0.1) is 0 Å². The Labute approximate surface area is 80.3 Å². The molecule has 1 aromatic heterocycles. The molecule has 0 amide bonds. The number of nitrogens with zero attached hydrogens (tertiary/aromatic N) is 1. The van der Waals surface area contributed by atoms with Crippen molar-refractivity contribution in [3.8, 4) is 11.3 Å². The Kier molecular flexibility index (Phi) is 1.36. The largest absolute Gasteiger partial charge is 0.355 e. The van der Waals surface area contributed by atoms with Crippen LogP contribution in [0.3, 0.4) is 0 Å². The van der Waals surface area contributed by atoms with E-state index in [1.165, 1.54) is 5.56 Å². The fraction of sp³-hybridized carbons (Fsp3) is 0.0909. The molecule has 3 heteroatoms. The summed E-state index contributed by atoms with van der Waals surface area (Å²) in [5.74, 6) is 0.753. The van der Waals surface area contributed by atoms with Gasteiger partial charge in [-0.3, -0.25) is 4.79 Å². The van der Waals surface area contributed by atoms with Gasteiger partial charge in [0, 0.05) is 17.5 Å². The Morgan fingerprint density at radius 3 is 3.07 bits per heavy atom. The number of fused-ring (bicyclic) bond motifs is 3. The third kappa shape index (κ3) is 0.812. The molecule has 0 saturated carbocycles. The second kappa shape index (κ2) is 2.54. The quantitative estimate of drug-likeness (QED) is 0.545. The molecule has 0 unspecified atom stereocenters. The summed E-state index contributed by atoms with van der Waals surface area (Å²) in [5.41, 5.74) is 3.60. The second-order valence-corrected chi connectivity index (χ2v) is 3.33. The van der Waals surface area contributed by atoms with E-state index in [-0.39, 0.29) is 0 Å². The molecule has 68 valence electrons. The van der Waals surface area contributed by atoms with Crippen LogP contribution in [-0.4, -0.2) is 11.4 Å². The summed E-state index contributed by atoms with van der Waals surface area (Å²) in [6, 6.07) is 7.97. The van der Waals surface area contributed by atoms with Gasteiger partial charge in [0.2, 0.25) is 0 Å². The zero-order chi connectivity index (χ0) is 9.54. The summed E-state index contributed by atoms with van der Waals surface area (Å²) in [6.45, 7) is 0. The van der Waals surface area contributed by atoms with Gasteiger partial charge in [0.1, 0.15) is 5.69 Å². The van der Waals surface area contributed by atoms with Gasteiger partial charge in [-0.25, -0.2) is 0 Å². The van der Waals surface area contributed by atoms with Gasteiger partial charge in [0.05, 0.1) is 0 Å². The molecule has 14 heavy (non-hydrogen) atoms. The van der Waals surface area contributed by atoms with E-state index >= 15 is 0 Å². The predicted molar refractivity (Wildman–Crippen MR) is 50.1 cm³/mol. The number of rotatable bonds is 1. The van der Waals surface area contributed by atoms with E-state index < -0.39 is 0 Å². The Bertz CT molecular complexity index is 514. The van der Waals surface area contributed by atoms with E-state index in [2.05, 4.69) is 5.16 Å². The smallest absolute Gasteiger partial charge is 0.172 e. The lowest BCUT2D eigenvalue weighted by Gasteiger charge is -1.94. The first-order valence-electron chi connectivity index (χ1n) is 4.42. The summed E-state index contributed by atoms with van der Waals surface area (Å²) in [6.07, 6.45) is 1.50. The number of carbonyl (C=O) groups excluding carboxylic acids is 1. The van der Waals surface area contributed by atoms with Gasteiger partial charge in [-0.2, -0.15) is 0 Å². The first-order chi connectivity index (χ1) is 6.90. The van der Waals surface area contributed by atoms with E-state index in [4.69, 9.17) is 4.52 Å². The van der Waals surface area contributed by atoms with Gasteiger partial charge in [-0.1, -0.05) is 29.4 Å². The van der Waals surface area contributed by atoms with Crippen LogP contribution in [0.2, 0.25) is 0 Å². The highest BCUT2D eigenvalue weighted by atomic mass is 16.5. The summed E-state index contributed by atoms with van der Waals surface area (Å²) in [5, 5.41) is 3.71. The van der Waals surface area contributed by atoms with E-state index in [1.54, 1.807) is 0 Å². The lowest BCUT2D eigenvalue weighted by atomic mass is 10.1. The molecule has 0 spiro atoms. The van der Waals surface area contributed by atoms with Crippen molar-refractivity contribution in [3.05, 3.63) is 41.1 Å². The minimum atomic E-state index is 0.427.